The molecule has 1 aliphatic heterocycles. The third-order valence-corrected chi connectivity index (χ3v) is 6.99. The van der Waals surface area contributed by atoms with Crippen molar-refractivity contribution >= 4 is 22.7 Å². The molecule has 9 nitrogen and oxygen atoms in total. The first-order valence-corrected chi connectivity index (χ1v) is 12.3. The maximum absolute atomic E-state index is 13.6. The van der Waals surface area contributed by atoms with Crippen molar-refractivity contribution in [2.45, 2.75) is 57.2 Å². The molecular formula is C26H27F2N7O2. The van der Waals surface area contributed by atoms with E-state index >= 15 is 0 Å². The minimum absolute atomic E-state index is 0.136. The number of alkyl halides is 2. The molecule has 1 aromatic carbocycles. The molecule has 4 aromatic rings. The Bertz CT molecular complexity index is 1570. The second-order valence-electron chi connectivity index (χ2n) is 10.1. The summed E-state index contributed by atoms with van der Waals surface area (Å²) in [6, 6.07) is 10.7. The molecule has 1 aliphatic carbocycles. The summed E-state index contributed by atoms with van der Waals surface area (Å²) in [5.74, 6) is -2.31. The molecule has 0 atom stereocenters. The highest BCUT2D eigenvalue weighted by atomic mass is 19.3. The van der Waals surface area contributed by atoms with Gasteiger partial charge < -0.3 is 15.7 Å². The Morgan fingerprint density at radius 3 is 2.70 bits per heavy atom. The van der Waals surface area contributed by atoms with Crippen LogP contribution >= 0.6 is 0 Å². The van der Waals surface area contributed by atoms with Crippen LogP contribution in [-0.4, -0.2) is 41.9 Å². The fourth-order valence-electron chi connectivity index (χ4n) is 5.22. The number of fused-ring (bicyclic) bond motifs is 2. The third kappa shape index (κ3) is 4.08. The fraction of sp³-hybridized carbons (Fsp3) is 0.385. The van der Waals surface area contributed by atoms with Gasteiger partial charge in [0.25, 0.3) is 11.5 Å². The maximum atomic E-state index is 13.6. The number of aromatic nitrogens is 5. The number of pyridine rings is 1. The second kappa shape index (κ2) is 8.42. The zero-order chi connectivity index (χ0) is 25.9. The number of anilines is 2. The predicted octanol–water partition coefficient (Wildman–Crippen LogP) is 3.56. The van der Waals surface area contributed by atoms with Crippen LogP contribution in [0.5, 0.6) is 0 Å². The molecule has 3 N–H and O–H groups in total. The van der Waals surface area contributed by atoms with Gasteiger partial charge in [0.1, 0.15) is 11.0 Å². The van der Waals surface area contributed by atoms with E-state index in [9.17, 15) is 18.7 Å². The van der Waals surface area contributed by atoms with Crippen molar-refractivity contribution in [2.75, 3.05) is 11.9 Å². The SMILES string of the molecule is CC(C)n1c(=O)c2cnc(Nc3ccc4c(c3)CCNC4)nc2n1-c1cccc(C2(O)CC(F)(F)C2)n1. The molecule has 1 saturated carbocycles. The molecule has 0 bridgehead atoms. The van der Waals surface area contributed by atoms with Gasteiger partial charge in [-0.25, -0.2) is 28.1 Å². The summed E-state index contributed by atoms with van der Waals surface area (Å²) in [5.41, 5.74) is 1.81. The van der Waals surface area contributed by atoms with Crippen molar-refractivity contribution in [2.24, 2.45) is 0 Å². The smallest absolute Gasteiger partial charge is 0.278 e. The van der Waals surface area contributed by atoms with Gasteiger partial charge in [0.15, 0.2) is 11.5 Å². The van der Waals surface area contributed by atoms with Gasteiger partial charge in [0.2, 0.25) is 5.95 Å². The van der Waals surface area contributed by atoms with Crippen molar-refractivity contribution in [3.8, 4) is 5.82 Å². The number of hydrogen-bond donors (Lipinski definition) is 3. The van der Waals surface area contributed by atoms with Gasteiger partial charge in [-0.05, 0) is 62.2 Å². The van der Waals surface area contributed by atoms with Crippen molar-refractivity contribution in [1.82, 2.24) is 29.6 Å². The van der Waals surface area contributed by atoms with Crippen molar-refractivity contribution in [1.29, 1.82) is 0 Å². The van der Waals surface area contributed by atoms with E-state index in [4.69, 9.17) is 0 Å². The number of aliphatic hydroxyl groups is 1. The van der Waals surface area contributed by atoms with Gasteiger partial charge >= 0.3 is 0 Å². The zero-order valence-corrected chi connectivity index (χ0v) is 20.5. The quantitative estimate of drug-likeness (QED) is 0.379. The molecule has 0 unspecified atom stereocenters. The molecule has 3 aromatic heterocycles. The lowest BCUT2D eigenvalue weighted by Crippen LogP contribution is -2.49. The van der Waals surface area contributed by atoms with Crippen LogP contribution in [0.2, 0.25) is 0 Å². The minimum Gasteiger partial charge on any atom is -0.383 e. The average Bonchev–Trinajstić information content (AvgIpc) is 3.14. The summed E-state index contributed by atoms with van der Waals surface area (Å²) in [4.78, 5) is 26.8. The molecule has 1 fully saturated rings. The standard InChI is InChI=1S/C26H27F2N7O2/c1-15(2)34-23(36)19-12-30-24(31-18-7-6-17-11-29-9-8-16(17)10-18)33-22(19)35(34)21-5-3-4-20(32-21)25(37)13-26(27,28)14-25/h3-7,10,12,15,29,37H,8-9,11,13-14H2,1-2H3,(H,30,31,33). The van der Waals surface area contributed by atoms with Crippen molar-refractivity contribution in [3.63, 3.8) is 0 Å². The first-order valence-electron chi connectivity index (χ1n) is 12.3. The molecule has 4 heterocycles. The topological polar surface area (TPSA) is 110 Å². The summed E-state index contributed by atoms with van der Waals surface area (Å²) in [6.45, 7) is 5.48. The van der Waals surface area contributed by atoms with Crippen molar-refractivity contribution in [3.05, 3.63) is 69.8 Å². The zero-order valence-electron chi connectivity index (χ0n) is 20.5. The Hall–Kier alpha value is -3.70. The number of rotatable bonds is 5. The Morgan fingerprint density at radius 1 is 1.14 bits per heavy atom. The predicted molar refractivity (Wildman–Crippen MR) is 135 cm³/mol. The van der Waals surface area contributed by atoms with Gasteiger partial charge in [0, 0.05) is 37.3 Å². The highest BCUT2D eigenvalue weighted by Gasteiger charge is 2.57. The van der Waals surface area contributed by atoms with E-state index in [0.29, 0.717) is 22.8 Å². The summed E-state index contributed by atoms with van der Waals surface area (Å²) in [5, 5.41) is 17.6. The van der Waals surface area contributed by atoms with E-state index in [1.54, 1.807) is 16.8 Å². The number of hydrogen-bond acceptors (Lipinski definition) is 7. The van der Waals surface area contributed by atoms with Crippen LogP contribution in [0.4, 0.5) is 20.4 Å². The third-order valence-electron chi connectivity index (χ3n) is 6.99. The number of halogens is 2. The summed E-state index contributed by atoms with van der Waals surface area (Å²) in [7, 11) is 0. The first kappa shape index (κ1) is 23.7. The van der Waals surface area contributed by atoms with Crippen LogP contribution in [0.15, 0.2) is 47.4 Å². The Morgan fingerprint density at radius 2 is 1.95 bits per heavy atom. The van der Waals surface area contributed by atoms with Crippen LogP contribution in [0, 0.1) is 0 Å². The van der Waals surface area contributed by atoms with Crippen LogP contribution in [0.3, 0.4) is 0 Å². The lowest BCUT2D eigenvalue weighted by atomic mass is 9.74. The first-order chi connectivity index (χ1) is 17.6. The van der Waals surface area contributed by atoms with Gasteiger partial charge in [-0.3, -0.25) is 4.79 Å². The Balaban J connectivity index is 1.43. The highest BCUT2D eigenvalue weighted by Crippen LogP contribution is 2.51. The number of nitrogens with zero attached hydrogens (tertiary/aromatic N) is 5. The lowest BCUT2D eigenvalue weighted by molar-refractivity contribution is -0.212. The van der Waals surface area contributed by atoms with E-state index in [-0.39, 0.29) is 17.3 Å². The molecule has 192 valence electrons. The molecule has 6 rings (SSSR count). The number of nitrogens with one attached hydrogen (secondary N) is 2. The largest absolute Gasteiger partial charge is 0.383 e. The Kier molecular flexibility index (Phi) is 5.39. The van der Waals surface area contributed by atoms with E-state index in [1.165, 1.54) is 28.1 Å². The molecule has 37 heavy (non-hydrogen) atoms. The molecule has 0 amide bonds. The van der Waals surface area contributed by atoms with Gasteiger partial charge in [0.05, 0.1) is 5.69 Å². The second-order valence-corrected chi connectivity index (χ2v) is 10.1. The van der Waals surface area contributed by atoms with Gasteiger partial charge in [-0.1, -0.05) is 12.1 Å². The lowest BCUT2D eigenvalue weighted by Gasteiger charge is -2.42. The van der Waals surface area contributed by atoms with Crippen LogP contribution in [0.25, 0.3) is 16.9 Å². The monoisotopic (exact) mass is 507 g/mol. The van der Waals surface area contributed by atoms with Crippen LogP contribution < -0.4 is 16.2 Å². The highest BCUT2D eigenvalue weighted by molar-refractivity contribution is 5.77. The summed E-state index contributed by atoms with van der Waals surface area (Å²) in [6.07, 6.45) is 1.04. The van der Waals surface area contributed by atoms with Crippen LogP contribution in [0.1, 0.15) is 49.6 Å². The van der Waals surface area contributed by atoms with E-state index in [2.05, 4.69) is 37.7 Å². The molecule has 11 heteroatoms. The fourth-order valence-corrected chi connectivity index (χ4v) is 5.22. The van der Waals surface area contributed by atoms with E-state index < -0.39 is 24.4 Å². The molecule has 0 saturated heterocycles. The minimum atomic E-state index is -2.92. The van der Waals surface area contributed by atoms with Crippen LogP contribution in [-0.2, 0) is 18.6 Å². The van der Waals surface area contributed by atoms with Gasteiger partial charge in [-0.15, -0.1) is 0 Å². The number of benzene rings is 1. The molecule has 0 radical (unpaired) electrons. The Labute approximate surface area is 211 Å². The maximum Gasteiger partial charge on any atom is 0.278 e. The normalized spacial score (nSPS) is 18.0. The van der Waals surface area contributed by atoms with Crippen molar-refractivity contribution < 1.29 is 13.9 Å². The summed E-state index contributed by atoms with van der Waals surface area (Å²) < 4.78 is 30.2. The molecular weight excluding hydrogens is 480 g/mol. The molecule has 2 aliphatic rings. The summed E-state index contributed by atoms with van der Waals surface area (Å²) >= 11 is 0. The molecule has 0 spiro atoms. The van der Waals surface area contributed by atoms with E-state index in [1.807, 2.05) is 19.9 Å². The average molecular weight is 508 g/mol. The van der Waals surface area contributed by atoms with E-state index in [0.717, 1.165) is 25.2 Å². The van der Waals surface area contributed by atoms with Gasteiger partial charge in [-0.2, -0.15) is 4.98 Å².